The molecule has 0 aliphatic rings. The highest BCUT2D eigenvalue weighted by molar-refractivity contribution is 5.71. The lowest BCUT2D eigenvalue weighted by molar-refractivity contribution is -0.167. The molecule has 0 spiro atoms. The molecule has 0 rings (SSSR count). The maximum absolute atomic E-state index is 12.8. The smallest absolute Gasteiger partial charge is 0.306 e. The summed E-state index contributed by atoms with van der Waals surface area (Å²) in [7, 11) is 0. The molecule has 68 heavy (non-hydrogen) atoms. The summed E-state index contributed by atoms with van der Waals surface area (Å²) in [6.07, 6.45) is 69.8. The molecule has 396 valence electrons. The van der Waals surface area contributed by atoms with Crippen molar-refractivity contribution in [2.75, 3.05) is 13.2 Å². The zero-order valence-electron chi connectivity index (χ0n) is 45.4. The molecule has 0 heterocycles. The minimum absolute atomic E-state index is 0.0798. The second-order valence-corrected chi connectivity index (χ2v) is 19.9. The molecule has 0 radical (unpaired) electrons. The Morgan fingerprint density at radius 3 is 0.868 bits per heavy atom. The number of hydrogen-bond acceptors (Lipinski definition) is 6. The molecule has 0 aliphatic heterocycles. The fraction of sp³-hybridized carbons (Fsp3) is 0.823. The van der Waals surface area contributed by atoms with E-state index < -0.39 is 6.10 Å². The van der Waals surface area contributed by atoms with Gasteiger partial charge in [-0.15, -0.1) is 0 Å². The van der Waals surface area contributed by atoms with Crippen LogP contribution in [0.4, 0.5) is 0 Å². The van der Waals surface area contributed by atoms with Crippen molar-refractivity contribution in [3.05, 3.63) is 48.6 Å². The van der Waals surface area contributed by atoms with Crippen LogP contribution in [0, 0.1) is 0 Å². The molecular formula is C62H112O6. The Hall–Kier alpha value is -2.63. The first-order chi connectivity index (χ1) is 33.5. The van der Waals surface area contributed by atoms with Crippen molar-refractivity contribution in [1.82, 2.24) is 0 Å². The predicted molar refractivity (Wildman–Crippen MR) is 293 cm³/mol. The van der Waals surface area contributed by atoms with Gasteiger partial charge in [0.15, 0.2) is 6.10 Å². The standard InChI is InChI=1S/C62H112O6/c1-4-7-10-13-16-19-22-24-26-27-28-29-30-31-32-33-34-35-36-38-40-43-46-49-52-55-61(64)67-58-59(57-66-60(63)54-51-48-45-42-39-21-18-15-12-9-6-3)68-62(65)56-53-50-47-44-41-37-25-23-20-17-14-11-8-5-2/h14-15,17-18,23,25,27-28,59H,4-13,16,19-22,24,26,29-58H2,1-3H3/b17-14-,18-15-,25-23-,28-27-. The van der Waals surface area contributed by atoms with Gasteiger partial charge in [0.1, 0.15) is 13.2 Å². The summed E-state index contributed by atoms with van der Waals surface area (Å²) in [4.78, 5) is 38.1. The molecule has 0 aromatic carbocycles. The molecule has 0 N–H and O–H groups in total. The lowest BCUT2D eigenvalue weighted by atomic mass is 10.0. The summed E-state index contributed by atoms with van der Waals surface area (Å²) in [5.41, 5.74) is 0. The third kappa shape index (κ3) is 54.3. The Morgan fingerprint density at radius 1 is 0.294 bits per heavy atom. The van der Waals surface area contributed by atoms with Crippen molar-refractivity contribution in [3.8, 4) is 0 Å². The first-order valence-corrected chi connectivity index (χ1v) is 29.6. The number of ether oxygens (including phenoxy) is 3. The Morgan fingerprint density at radius 2 is 0.544 bits per heavy atom. The molecule has 6 heteroatoms. The number of carbonyl (C=O) groups is 3. The number of hydrogen-bond donors (Lipinski definition) is 0. The Bertz CT molecular complexity index is 1190. The second kappa shape index (κ2) is 57.0. The van der Waals surface area contributed by atoms with Crippen molar-refractivity contribution in [2.24, 2.45) is 0 Å². The van der Waals surface area contributed by atoms with Crippen molar-refractivity contribution in [1.29, 1.82) is 0 Å². The van der Waals surface area contributed by atoms with Gasteiger partial charge in [0.25, 0.3) is 0 Å². The van der Waals surface area contributed by atoms with Crippen LogP contribution in [-0.4, -0.2) is 37.2 Å². The molecule has 6 nitrogen and oxygen atoms in total. The molecule has 0 fully saturated rings. The van der Waals surface area contributed by atoms with Gasteiger partial charge >= 0.3 is 17.9 Å². The number of rotatable bonds is 54. The van der Waals surface area contributed by atoms with Gasteiger partial charge in [0, 0.05) is 19.3 Å². The Labute approximate surface area is 422 Å². The highest BCUT2D eigenvalue weighted by atomic mass is 16.6. The van der Waals surface area contributed by atoms with E-state index >= 15 is 0 Å². The van der Waals surface area contributed by atoms with E-state index in [-0.39, 0.29) is 31.1 Å². The number of carbonyl (C=O) groups excluding carboxylic acids is 3. The van der Waals surface area contributed by atoms with E-state index in [1.807, 2.05) is 0 Å². The SMILES string of the molecule is CCCC/C=C\C/C=C\CCCCCCCC(=O)OC(COC(=O)CCCCCCC/C=C\CCCC)COC(=O)CCCCCCCCCCCCCCC/C=C\CCCCCCCCCC. The summed E-state index contributed by atoms with van der Waals surface area (Å²) < 4.78 is 16.8. The summed E-state index contributed by atoms with van der Waals surface area (Å²) in [5, 5.41) is 0. The maximum atomic E-state index is 12.8. The van der Waals surface area contributed by atoms with E-state index in [9.17, 15) is 14.4 Å². The first-order valence-electron chi connectivity index (χ1n) is 29.6. The zero-order chi connectivity index (χ0) is 49.3. The normalized spacial score (nSPS) is 12.3. The van der Waals surface area contributed by atoms with E-state index in [0.29, 0.717) is 19.3 Å². The third-order valence-electron chi connectivity index (χ3n) is 13.0. The molecule has 0 aromatic rings. The van der Waals surface area contributed by atoms with Crippen LogP contribution >= 0.6 is 0 Å². The van der Waals surface area contributed by atoms with Gasteiger partial charge in [0.05, 0.1) is 0 Å². The van der Waals surface area contributed by atoms with Crippen LogP contribution in [0.25, 0.3) is 0 Å². The molecule has 0 bridgehead atoms. The largest absolute Gasteiger partial charge is 0.462 e. The molecule has 0 amide bonds. The van der Waals surface area contributed by atoms with Crippen molar-refractivity contribution >= 4 is 17.9 Å². The maximum Gasteiger partial charge on any atom is 0.306 e. The van der Waals surface area contributed by atoms with Crippen molar-refractivity contribution in [2.45, 2.75) is 316 Å². The predicted octanol–water partition coefficient (Wildman–Crippen LogP) is 19.8. The van der Waals surface area contributed by atoms with Crippen LogP contribution in [0.2, 0.25) is 0 Å². The fourth-order valence-electron chi connectivity index (χ4n) is 8.50. The van der Waals surface area contributed by atoms with Crippen molar-refractivity contribution < 1.29 is 28.6 Å². The van der Waals surface area contributed by atoms with Gasteiger partial charge in [-0.3, -0.25) is 14.4 Å². The molecule has 0 aromatic heterocycles. The lowest BCUT2D eigenvalue weighted by Crippen LogP contribution is -2.30. The van der Waals surface area contributed by atoms with Crippen LogP contribution < -0.4 is 0 Å². The Kier molecular flexibility index (Phi) is 54.8. The van der Waals surface area contributed by atoms with Crippen LogP contribution in [0.1, 0.15) is 310 Å². The summed E-state index contributed by atoms with van der Waals surface area (Å²) in [6, 6.07) is 0. The molecule has 1 atom stereocenters. The molecule has 0 saturated carbocycles. The zero-order valence-corrected chi connectivity index (χ0v) is 45.4. The molecular weight excluding hydrogens is 841 g/mol. The summed E-state index contributed by atoms with van der Waals surface area (Å²) >= 11 is 0. The monoisotopic (exact) mass is 953 g/mol. The Balaban J connectivity index is 4.21. The van der Waals surface area contributed by atoms with Crippen LogP contribution in [0.15, 0.2) is 48.6 Å². The van der Waals surface area contributed by atoms with Gasteiger partial charge in [-0.1, -0.05) is 249 Å². The van der Waals surface area contributed by atoms with Gasteiger partial charge in [-0.05, 0) is 89.9 Å². The summed E-state index contributed by atoms with van der Waals surface area (Å²) in [6.45, 7) is 6.57. The van der Waals surface area contributed by atoms with Gasteiger partial charge < -0.3 is 14.2 Å². The topological polar surface area (TPSA) is 78.9 Å². The average Bonchev–Trinajstić information content (AvgIpc) is 3.34. The van der Waals surface area contributed by atoms with Crippen molar-refractivity contribution in [3.63, 3.8) is 0 Å². The second-order valence-electron chi connectivity index (χ2n) is 19.9. The van der Waals surface area contributed by atoms with Crippen LogP contribution in [0.5, 0.6) is 0 Å². The fourth-order valence-corrected chi connectivity index (χ4v) is 8.50. The highest BCUT2D eigenvalue weighted by Gasteiger charge is 2.19. The molecule has 1 unspecified atom stereocenters. The lowest BCUT2D eigenvalue weighted by Gasteiger charge is -2.18. The number of unbranched alkanes of at least 4 members (excludes halogenated alkanes) is 35. The van der Waals surface area contributed by atoms with E-state index in [1.165, 1.54) is 180 Å². The number of allylic oxidation sites excluding steroid dienone is 8. The van der Waals surface area contributed by atoms with E-state index in [0.717, 1.165) is 89.9 Å². The van der Waals surface area contributed by atoms with Gasteiger partial charge in [-0.25, -0.2) is 0 Å². The molecule has 0 saturated heterocycles. The van der Waals surface area contributed by atoms with Crippen LogP contribution in [0.3, 0.4) is 0 Å². The van der Waals surface area contributed by atoms with E-state index in [4.69, 9.17) is 14.2 Å². The highest BCUT2D eigenvalue weighted by Crippen LogP contribution is 2.16. The average molecular weight is 954 g/mol. The first kappa shape index (κ1) is 65.4. The summed E-state index contributed by atoms with van der Waals surface area (Å²) in [5.74, 6) is -0.893. The number of esters is 3. The van der Waals surface area contributed by atoms with Gasteiger partial charge in [0.2, 0.25) is 0 Å². The van der Waals surface area contributed by atoms with E-state index in [1.54, 1.807) is 0 Å². The molecule has 0 aliphatic carbocycles. The van der Waals surface area contributed by atoms with Gasteiger partial charge in [-0.2, -0.15) is 0 Å². The minimum atomic E-state index is -0.782. The minimum Gasteiger partial charge on any atom is -0.462 e. The van der Waals surface area contributed by atoms with Crippen LogP contribution in [-0.2, 0) is 28.6 Å². The quantitative estimate of drug-likeness (QED) is 0.0262. The third-order valence-corrected chi connectivity index (χ3v) is 13.0. The van der Waals surface area contributed by atoms with E-state index in [2.05, 4.69) is 69.4 Å².